The first-order chi connectivity index (χ1) is 17.1. The standard InChI is InChI=1S/C27H23NO8/c1-12-14-8-5-9-16(29)19(14)22(31)21-18(12)23(36-11-13-6-3-2-4-7-13)15-10-17(30)20(26(28)34)24(32)27(15,35)25(21)33/h2-9,15,18,23,29,31-32,35H,1,10-11H2,(H2,28,34)/t15-,18-,23-,27-/m1/s1. The van der Waals surface area contributed by atoms with Gasteiger partial charge in [-0.3, -0.25) is 14.4 Å². The molecular weight excluding hydrogens is 466 g/mol. The van der Waals surface area contributed by atoms with Crippen molar-refractivity contribution in [3.8, 4) is 5.75 Å². The van der Waals surface area contributed by atoms with Crippen molar-refractivity contribution in [1.82, 2.24) is 0 Å². The van der Waals surface area contributed by atoms with Gasteiger partial charge >= 0.3 is 0 Å². The van der Waals surface area contributed by atoms with Gasteiger partial charge in [-0.05, 0) is 22.8 Å². The minimum Gasteiger partial charge on any atom is -0.508 e. The third-order valence-electron chi connectivity index (χ3n) is 7.23. The molecule has 9 nitrogen and oxygen atoms in total. The van der Waals surface area contributed by atoms with E-state index >= 15 is 0 Å². The second kappa shape index (κ2) is 8.18. The number of benzene rings is 2. The number of phenolic OH excluding ortho intramolecular Hbond substituents is 1. The maximum Gasteiger partial charge on any atom is 0.255 e. The molecule has 0 radical (unpaired) electrons. The minimum absolute atomic E-state index is 0.0122. The van der Waals surface area contributed by atoms with Gasteiger partial charge in [-0.15, -0.1) is 0 Å². The summed E-state index contributed by atoms with van der Waals surface area (Å²) < 4.78 is 6.19. The van der Waals surface area contributed by atoms with Crippen molar-refractivity contribution in [2.45, 2.75) is 24.7 Å². The van der Waals surface area contributed by atoms with Crippen LogP contribution in [-0.2, 0) is 25.7 Å². The predicted octanol–water partition coefficient (Wildman–Crippen LogP) is 2.09. The first-order valence-electron chi connectivity index (χ1n) is 11.2. The molecule has 0 spiro atoms. The van der Waals surface area contributed by atoms with E-state index in [0.29, 0.717) is 11.1 Å². The number of amides is 1. The number of rotatable bonds is 4. The monoisotopic (exact) mass is 489 g/mol. The Kier molecular flexibility index (Phi) is 5.35. The van der Waals surface area contributed by atoms with Crippen LogP contribution in [0.1, 0.15) is 23.1 Å². The summed E-state index contributed by atoms with van der Waals surface area (Å²) in [7, 11) is 0. The summed E-state index contributed by atoms with van der Waals surface area (Å²) in [5.41, 5.74) is 2.65. The van der Waals surface area contributed by atoms with Crippen LogP contribution in [0.4, 0.5) is 0 Å². The number of primary amides is 1. The average Bonchev–Trinajstić information content (AvgIpc) is 2.84. The molecule has 1 fully saturated rings. The highest BCUT2D eigenvalue weighted by Gasteiger charge is 2.65. The van der Waals surface area contributed by atoms with Crippen LogP contribution < -0.4 is 5.73 Å². The zero-order valence-corrected chi connectivity index (χ0v) is 19.0. The first kappa shape index (κ1) is 23.5. The summed E-state index contributed by atoms with van der Waals surface area (Å²) in [6.45, 7) is 4.11. The highest BCUT2D eigenvalue weighted by Crippen LogP contribution is 2.55. The highest BCUT2D eigenvalue weighted by atomic mass is 16.5. The van der Waals surface area contributed by atoms with Crippen molar-refractivity contribution in [3.05, 3.63) is 88.7 Å². The van der Waals surface area contributed by atoms with Crippen LogP contribution in [0.5, 0.6) is 5.75 Å². The number of aliphatic hydroxyl groups excluding tert-OH is 2. The molecule has 0 heterocycles. The van der Waals surface area contributed by atoms with E-state index in [2.05, 4.69) is 6.58 Å². The molecule has 5 rings (SSSR count). The summed E-state index contributed by atoms with van der Waals surface area (Å²) in [5.74, 6) is -7.72. The lowest BCUT2D eigenvalue weighted by atomic mass is 9.57. The van der Waals surface area contributed by atoms with Gasteiger partial charge in [-0.1, -0.05) is 49.0 Å². The number of nitrogens with two attached hydrogens (primary N) is 1. The van der Waals surface area contributed by atoms with Gasteiger partial charge in [-0.2, -0.15) is 0 Å². The molecular formula is C27H23NO8. The molecule has 0 bridgehead atoms. The topological polar surface area (TPSA) is 167 Å². The third-order valence-corrected chi connectivity index (χ3v) is 7.23. The first-order valence-corrected chi connectivity index (χ1v) is 11.2. The van der Waals surface area contributed by atoms with Crippen molar-refractivity contribution in [2.75, 3.05) is 0 Å². The molecule has 2 aromatic carbocycles. The fraction of sp³-hybridized carbons (Fsp3) is 0.222. The fourth-order valence-corrected chi connectivity index (χ4v) is 5.54. The predicted molar refractivity (Wildman–Crippen MR) is 127 cm³/mol. The number of carbonyl (C=O) groups is 3. The van der Waals surface area contributed by atoms with Crippen molar-refractivity contribution >= 4 is 28.8 Å². The van der Waals surface area contributed by atoms with Gasteiger partial charge in [0.15, 0.2) is 11.4 Å². The van der Waals surface area contributed by atoms with E-state index in [4.69, 9.17) is 10.5 Å². The number of aliphatic hydroxyl groups is 3. The third kappa shape index (κ3) is 3.13. The molecule has 0 aromatic heterocycles. The molecule has 184 valence electrons. The Bertz CT molecular complexity index is 1410. The van der Waals surface area contributed by atoms with Gasteiger partial charge in [-0.25, -0.2) is 0 Å². The Balaban J connectivity index is 1.74. The lowest BCUT2D eigenvalue weighted by Crippen LogP contribution is -2.63. The van der Waals surface area contributed by atoms with E-state index in [0.717, 1.165) is 5.56 Å². The second-order valence-electron chi connectivity index (χ2n) is 9.14. The molecule has 1 saturated carbocycles. The van der Waals surface area contributed by atoms with Gasteiger partial charge < -0.3 is 30.9 Å². The number of Topliss-reactive ketones (excluding diaryl/α,β-unsaturated/α-hetero) is 2. The summed E-state index contributed by atoms with van der Waals surface area (Å²) >= 11 is 0. The Hall–Kier alpha value is -4.21. The number of fused-ring (bicyclic) bond motifs is 3. The largest absolute Gasteiger partial charge is 0.508 e. The van der Waals surface area contributed by atoms with Crippen LogP contribution in [0.2, 0.25) is 0 Å². The smallest absolute Gasteiger partial charge is 0.255 e. The lowest BCUT2D eigenvalue weighted by Gasteiger charge is -2.50. The maximum atomic E-state index is 13.8. The molecule has 0 saturated heterocycles. The quantitative estimate of drug-likeness (QED) is 0.407. The molecule has 9 heteroatoms. The van der Waals surface area contributed by atoms with E-state index in [9.17, 15) is 34.8 Å². The number of aromatic hydroxyl groups is 1. The van der Waals surface area contributed by atoms with Gasteiger partial charge in [0, 0.05) is 18.3 Å². The van der Waals surface area contributed by atoms with Crippen molar-refractivity contribution in [1.29, 1.82) is 0 Å². The minimum atomic E-state index is -2.78. The lowest BCUT2D eigenvalue weighted by molar-refractivity contribution is -0.164. The van der Waals surface area contributed by atoms with Crippen LogP contribution in [0.25, 0.3) is 11.3 Å². The highest BCUT2D eigenvalue weighted by molar-refractivity contribution is 6.23. The molecule has 3 aliphatic carbocycles. The van der Waals surface area contributed by atoms with Gasteiger partial charge in [0.1, 0.15) is 22.8 Å². The molecule has 36 heavy (non-hydrogen) atoms. The molecule has 4 atom stereocenters. The molecule has 6 N–H and O–H groups in total. The maximum absolute atomic E-state index is 13.8. The number of ketones is 2. The van der Waals surface area contributed by atoms with E-state index in [1.165, 1.54) is 6.07 Å². The zero-order valence-electron chi connectivity index (χ0n) is 19.0. The van der Waals surface area contributed by atoms with Crippen LogP contribution >= 0.6 is 0 Å². The Morgan fingerprint density at radius 1 is 1.08 bits per heavy atom. The molecule has 0 aliphatic heterocycles. The Labute approximate surface area is 205 Å². The Morgan fingerprint density at radius 2 is 1.78 bits per heavy atom. The van der Waals surface area contributed by atoms with Gasteiger partial charge in [0.2, 0.25) is 5.78 Å². The summed E-state index contributed by atoms with van der Waals surface area (Å²) in [5, 5.41) is 44.2. The number of phenols is 1. The normalized spacial score (nSPS) is 27.5. The number of carbonyl (C=O) groups excluding carboxylic acids is 3. The Morgan fingerprint density at radius 3 is 2.44 bits per heavy atom. The molecule has 3 aliphatic rings. The fourth-order valence-electron chi connectivity index (χ4n) is 5.54. The van der Waals surface area contributed by atoms with E-state index in [1.54, 1.807) is 36.4 Å². The molecule has 0 unspecified atom stereocenters. The van der Waals surface area contributed by atoms with Crippen molar-refractivity contribution in [3.63, 3.8) is 0 Å². The zero-order chi connectivity index (χ0) is 25.9. The number of hydrogen-bond donors (Lipinski definition) is 5. The van der Waals surface area contributed by atoms with Crippen LogP contribution in [0.15, 0.2) is 72.0 Å². The molecule has 1 amide bonds. The van der Waals surface area contributed by atoms with Crippen LogP contribution in [-0.4, -0.2) is 49.6 Å². The number of hydrogen-bond acceptors (Lipinski definition) is 8. The van der Waals surface area contributed by atoms with Gasteiger partial charge in [0.25, 0.3) is 5.91 Å². The summed E-state index contributed by atoms with van der Waals surface area (Å²) in [6, 6.07) is 13.5. The molecule has 2 aromatic rings. The van der Waals surface area contributed by atoms with E-state index in [-0.39, 0.29) is 23.5 Å². The number of ether oxygens (including phenoxy) is 1. The van der Waals surface area contributed by atoms with Crippen LogP contribution in [0, 0.1) is 11.8 Å². The summed E-state index contributed by atoms with van der Waals surface area (Å²) in [6.07, 6.45) is -1.65. The van der Waals surface area contributed by atoms with Crippen molar-refractivity contribution in [2.24, 2.45) is 17.6 Å². The van der Waals surface area contributed by atoms with Gasteiger partial charge in [0.05, 0.1) is 23.8 Å². The van der Waals surface area contributed by atoms with E-state index < -0.39 is 64.5 Å². The summed E-state index contributed by atoms with van der Waals surface area (Å²) in [4.78, 5) is 38.5. The average molecular weight is 489 g/mol. The van der Waals surface area contributed by atoms with E-state index in [1.807, 2.05) is 6.07 Å². The van der Waals surface area contributed by atoms with Crippen LogP contribution in [0.3, 0.4) is 0 Å². The SMILES string of the molecule is C=C1c2cccc(O)c2C(O)=C2C(=O)[C@]3(O)C(O)=C(C(N)=O)C(=O)C[C@@H]3[C@@H](OCc3ccccc3)[C@H]12. The van der Waals surface area contributed by atoms with Crippen molar-refractivity contribution < 1.29 is 39.5 Å². The second-order valence-corrected chi connectivity index (χ2v) is 9.14.